The van der Waals surface area contributed by atoms with Gasteiger partial charge in [0, 0.05) is 12.3 Å². The summed E-state index contributed by atoms with van der Waals surface area (Å²) in [7, 11) is 0. The molecule has 2 N–H and O–H groups in total. The number of esters is 1. The molecule has 0 spiro atoms. The van der Waals surface area contributed by atoms with Crippen molar-refractivity contribution in [1.29, 1.82) is 0 Å². The average molecular weight is 301 g/mol. The van der Waals surface area contributed by atoms with Crippen LogP contribution in [0.3, 0.4) is 0 Å². The molecular formula is C15H17N4O3+. The molecule has 0 aliphatic carbocycles. The smallest absolute Gasteiger partial charge is 0.372 e. The first-order valence-corrected chi connectivity index (χ1v) is 6.81. The summed E-state index contributed by atoms with van der Waals surface area (Å²) in [6.45, 7) is 2.13. The van der Waals surface area contributed by atoms with E-state index in [1.165, 1.54) is 0 Å². The van der Waals surface area contributed by atoms with Gasteiger partial charge in [-0.2, -0.15) is 4.57 Å². The number of aromatic nitrogens is 2. The Kier molecular flexibility index (Phi) is 5.42. The van der Waals surface area contributed by atoms with Crippen molar-refractivity contribution in [3.05, 3.63) is 54.5 Å². The normalized spacial score (nSPS) is 9.86. The Bertz CT molecular complexity index is 646. The third-order valence-electron chi connectivity index (χ3n) is 2.71. The van der Waals surface area contributed by atoms with E-state index in [9.17, 15) is 9.59 Å². The second-order valence-electron chi connectivity index (χ2n) is 4.36. The van der Waals surface area contributed by atoms with Crippen molar-refractivity contribution in [2.75, 3.05) is 12.0 Å². The van der Waals surface area contributed by atoms with Crippen LogP contribution < -0.4 is 15.4 Å². The molecule has 2 aromatic rings. The molecule has 0 atom stereocenters. The van der Waals surface area contributed by atoms with Crippen molar-refractivity contribution in [3.8, 4) is 0 Å². The Labute approximate surface area is 127 Å². The van der Waals surface area contributed by atoms with Crippen LogP contribution in [0.2, 0.25) is 0 Å². The van der Waals surface area contributed by atoms with Crippen molar-refractivity contribution >= 4 is 17.7 Å². The number of hydrazine groups is 1. The summed E-state index contributed by atoms with van der Waals surface area (Å²) in [6, 6.07) is 8.65. The van der Waals surface area contributed by atoms with E-state index in [0.717, 1.165) is 0 Å². The van der Waals surface area contributed by atoms with Gasteiger partial charge < -0.3 is 4.74 Å². The molecule has 2 aromatic heterocycles. The molecule has 7 nitrogen and oxygen atoms in total. The number of nitrogens with one attached hydrogen (secondary N) is 2. The number of ether oxygens (including phenoxy) is 1. The fourth-order valence-corrected chi connectivity index (χ4v) is 1.74. The largest absolute Gasteiger partial charge is 0.461 e. The van der Waals surface area contributed by atoms with E-state index in [4.69, 9.17) is 4.74 Å². The summed E-state index contributed by atoms with van der Waals surface area (Å²) in [5.41, 5.74) is 5.66. The maximum atomic E-state index is 12.1. The molecule has 0 aromatic carbocycles. The third kappa shape index (κ3) is 4.55. The van der Waals surface area contributed by atoms with E-state index in [1.807, 2.05) is 0 Å². The number of nitrogens with zero attached hydrogens (tertiary/aromatic N) is 2. The van der Waals surface area contributed by atoms with Crippen molar-refractivity contribution in [3.63, 3.8) is 0 Å². The van der Waals surface area contributed by atoms with Gasteiger partial charge in [0.2, 0.25) is 6.54 Å². The van der Waals surface area contributed by atoms with Crippen LogP contribution in [0.5, 0.6) is 0 Å². The van der Waals surface area contributed by atoms with Gasteiger partial charge in [-0.05, 0) is 25.1 Å². The number of amides is 1. The number of rotatable bonds is 6. The Balaban J connectivity index is 1.96. The Morgan fingerprint density at radius 2 is 2.14 bits per heavy atom. The van der Waals surface area contributed by atoms with E-state index in [2.05, 4.69) is 15.8 Å². The van der Waals surface area contributed by atoms with Crippen LogP contribution in [-0.4, -0.2) is 23.5 Å². The Hall–Kier alpha value is -2.96. The first-order valence-electron chi connectivity index (χ1n) is 6.81. The number of pyridine rings is 2. The Morgan fingerprint density at radius 3 is 2.86 bits per heavy atom. The molecule has 0 radical (unpaired) electrons. The number of carbonyl (C=O) groups excluding carboxylic acids is 2. The fraction of sp³-hybridized carbons (Fsp3) is 0.200. The van der Waals surface area contributed by atoms with Gasteiger partial charge in [-0.25, -0.2) is 9.78 Å². The van der Waals surface area contributed by atoms with Crippen molar-refractivity contribution < 1.29 is 18.9 Å². The molecule has 0 saturated carbocycles. The quantitative estimate of drug-likeness (QED) is 0.466. The summed E-state index contributed by atoms with van der Waals surface area (Å²) in [5, 5.41) is 0. The minimum absolute atomic E-state index is 0.0582. The van der Waals surface area contributed by atoms with Gasteiger partial charge in [0.1, 0.15) is 11.4 Å². The number of hydrogen-bond acceptors (Lipinski definition) is 5. The van der Waals surface area contributed by atoms with E-state index >= 15 is 0 Å². The van der Waals surface area contributed by atoms with Gasteiger partial charge in [-0.15, -0.1) is 0 Å². The first-order chi connectivity index (χ1) is 10.7. The highest BCUT2D eigenvalue weighted by molar-refractivity contribution is 5.94. The maximum Gasteiger partial charge on any atom is 0.372 e. The van der Waals surface area contributed by atoms with E-state index in [-0.39, 0.29) is 18.4 Å². The topological polar surface area (TPSA) is 84.2 Å². The van der Waals surface area contributed by atoms with Crippen molar-refractivity contribution in [1.82, 2.24) is 10.4 Å². The molecule has 7 heteroatoms. The molecule has 0 saturated heterocycles. The van der Waals surface area contributed by atoms with Gasteiger partial charge in [0.15, 0.2) is 12.4 Å². The SMILES string of the molecule is CCOC(=O)C[n+]1cccc(C(=O)NNc2ccccn2)c1. The predicted octanol–water partition coefficient (Wildman–Crippen LogP) is 0.689. The molecule has 0 fully saturated rings. The standard InChI is InChI=1S/C15H16N4O3/c1-2-22-14(20)11-19-9-5-6-12(10-19)15(21)18-17-13-7-3-4-8-16-13/h3-10H,2,11H2,1H3,(H-,16,17,18,21)/p+1. The molecule has 1 amide bonds. The molecule has 0 aliphatic heterocycles. The highest BCUT2D eigenvalue weighted by Gasteiger charge is 2.14. The van der Waals surface area contributed by atoms with Gasteiger partial charge in [-0.3, -0.25) is 15.6 Å². The van der Waals surface area contributed by atoms with Crippen LogP contribution in [0, 0.1) is 0 Å². The lowest BCUT2D eigenvalue weighted by molar-refractivity contribution is -0.686. The second kappa shape index (κ2) is 7.72. The number of anilines is 1. The molecule has 22 heavy (non-hydrogen) atoms. The Morgan fingerprint density at radius 1 is 1.27 bits per heavy atom. The van der Waals surface area contributed by atoms with E-state index in [0.29, 0.717) is 18.0 Å². The summed E-state index contributed by atoms with van der Waals surface area (Å²) in [6.07, 6.45) is 4.89. The third-order valence-corrected chi connectivity index (χ3v) is 2.71. The minimum Gasteiger partial charge on any atom is -0.461 e. The molecular weight excluding hydrogens is 284 g/mol. The van der Waals surface area contributed by atoms with Crippen molar-refractivity contribution in [2.24, 2.45) is 0 Å². The molecule has 0 aliphatic rings. The minimum atomic E-state index is -0.350. The van der Waals surface area contributed by atoms with Crippen LogP contribution >= 0.6 is 0 Å². The highest BCUT2D eigenvalue weighted by Crippen LogP contribution is 1.99. The predicted molar refractivity (Wildman–Crippen MR) is 78.6 cm³/mol. The second-order valence-corrected chi connectivity index (χ2v) is 4.36. The van der Waals surface area contributed by atoms with Crippen molar-refractivity contribution in [2.45, 2.75) is 13.5 Å². The van der Waals surface area contributed by atoms with E-state index < -0.39 is 0 Å². The number of carbonyl (C=O) groups is 2. The molecule has 2 rings (SSSR count). The summed E-state index contributed by atoms with van der Waals surface area (Å²) >= 11 is 0. The average Bonchev–Trinajstić information content (AvgIpc) is 2.54. The van der Waals surface area contributed by atoms with Crippen LogP contribution in [0.25, 0.3) is 0 Å². The lowest BCUT2D eigenvalue weighted by Crippen LogP contribution is -2.40. The van der Waals surface area contributed by atoms with Crippen LogP contribution in [0.15, 0.2) is 48.9 Å². The van der Waals surface area contributed by atoms with Gasteiger partial charge in [-0.1, -0.05) is 6.07 Å². The van der Waals surface area contributed by atoms with Gasteiger partial charge in [0.25, 0.3) is 5.91 Å². The van der Waals surface area contributed by atoms with Gasteiger partial charge >= 0.3 is 5.97 Å². The molecule has 0 unspecified atom stereocenters. The van der Waals surface area contributed by atoms with Gasteiger partial charge in [0.05, 0.1) is 6.61 Å². The summed E-state index contributed by atoms with van der Waals surface area (Å²) in [5.74, 6) is -0.147. The molecule has 2 heterocycles. The highest BCUT2D eigenvalue weighted by atomic mass is 16.5. The zero-order valence-corrected chi connectivity index (χ0v) is 12.2. The first kappa shape index (κ1) is 15.4. The monoisotopic (exact) mass is 301 g/mol. The van der Waals surface area contributed by atoms with Crippen LogP contribution in [-0.2, 0) is 16.1 Å². The zero-order chi connectivity index (χ0) is 15.8. The summed E-state index contributed by atoms with van der Waals surface area (Å²) < 4.78 is 6.46. The maximum absolute atomic E-state index is 12.1. The number of hydrogen-bond donors (Lipinski definition) is 2. The lowest BCUT2D eigenvalue weighted by Gasteiger charge is -2.06. The van der Waals surface area contributed by atoms with Crippen LogP contribution in [0.1, 0.15) is 17.3 Å². The summed E-state index contributed by atoms with van der Waals surface area (Å²) in [4.78, 5) is 27.5. The van der Waals surface area contributed by atoms with E-state index in [1.54, 1.807) is 60.4 Å². The molecule has 114 valence electrons. The van der Waals surface area contributed by atoms with Crippen LogP contribution in [0.4, 0.5) is 5.82 Å². The zero-order valence-electron chi connectivity index (χ0n) is 12.2. The lowest BCUT2D eigenvalue weighted by atomic mass is 10.2. The fourth-order valence-electron chi connectivity index (χ4n) is 1.74. The molecule has 0 bridgehead atoms.